The molecular formula is C17H22FNO4. The standard InChI is InChI=1S/C17H22FNO4/c1-17(2,3)23-16(21)19-6-4-14(5-7-19)22-15-9-12(11-20)8-13(18)10-15/h8-11,14H,4-7H2,1-3H3. The average Bonchev–Trinajstić information content (AvgIpc) is 2.45. The van der Waals surface area contributed by atoms with E-state index in [0.29, 0.717) is 38.0 Å². The Labute approximate surface area is 135 Å². The molecule has 1 fully saturated rings. The van der Waals surface area contributed by atoms with Crippen LogP contribution in [0.4, 0.5) is 9.18 Å². The molecule has 2 rings (SSSR count). The molecule has 1 saturated heterocycles. The Morgan fingerprint density at radius 1 is 1.26 bits per heavy atom. The zero-order valence-corrected chi connectivity index (χ0v) is 13.7. The Hall–Kier alpha value is -2.11. The van der Waals surface area contributed by atoms with Gasteiger partial charge >= 0.3 is 6.09 Å². The lowest BCUT2D eigenvalue weighted by atomic mass is 10.1. The molecule has 1 aliphatic rings. The highest BCUT2D eigenvalue weighted by Gasteiger charge is 2.27. The maximum absolute atomic E-state index is 13.4. The Kier molecular flexibility index (Phi) is 5.23. The van der Waals surface area contributed by atoms with Gasteiger partial charge in [0, 0.05) is 37.6 Å². The van der Waals surface area contributed by atoms with Crippen molar-refractivity contribution in [1.29, 1.82) is 0 Å². The summed E-state index contributed by atoms with van der Waals surface area (Å²) in [5.74, 6) is -0.168. The minimum atomic E-state index is -0.517. The number of hydrogen-bond acceptors (Lipinski definition) is 4. The minimum absolute atomic E-state index is 0.116. The van der Waals surface area contributed by atoms with Gasteiger partial charge in [-0.05, 0) is 32.9 Å². The van der Waals surface area contributed by atoms with Crippen LogP contribution in [0, 0.1) is 5.82 Å². The fourth-order valence-electron chi connectivity index (χ4n) is 2.40. The van der Waals surface area contributed by atoms with Gasteiger partial charge in [0.05, 0.1) is 0 Å². The number of carbonyl (C=O) groups is 2. The third-order valence-electron chi connectivity index (χ3n) is 3.43. The molecule has 0 aliphatic carbocycles. The summed E-state index contributed by atoms with van der Waals surface area (Å²) in [6.45, 7) is 6.53. The summed E-state index contributed by atoms with van der Waals surface area (Å²) in [6, 6.07) is 3.93. The van der Waals surface area contributed by atoms with Gasteiger partial charge in [0.1, 0.15) is 29.6 Å². The van der Waals surface area contributed by atoms with Crippen molar-refractivity contribution in [3.8, 4) is 5.75 Å². The Morgan fingerprint density at radius 3 is 2.48 bits per heavy atom. The number of piperidine rings is 1. The first-order valence-electron chi connectivity index (χ1n) is 7.67. The first kappa shape index (κ1) is 17.2. The van der Waals surface area contributed by atoms with Gasteiger partial charge in [-0.2, -0.15) is 0 Å². The summed E-state index contributed by atoms with van der Waals surface area (Å²) in [6.07, 6.45) is 1.40. The molecule has 0 atom stereocenters. The number of halogens is 1. The SMILES string of the molecule is CC(C)(C)OC(=O)N1CCC(Oc2cc(F)cc(C=O)c2)CC1. The van der Waals surface area contributed by atoms with E-state index in [1.54, 1.807) is 4.90 Å². The van der Waals surface area contributed by atoms with E-state index in [0.717, 1.165) is 6.07 Å². The monoisotopic (exact) mass is 323 g/mol. The zero-order chi connectivity index (χ0) is 17.0. The molecule has 0 saturated carbocycles. The van der Waals surface area contributed by atoms with Crippen LogP contribution in [-0.2, 0) is 4.74 Å². The van der Waals surface area contributed by atoms with Crippen LogP contribution in [0.3, 0.4) is 0 Å². The summed E-state index contributed by atoms with van der Waals surface area (Å²) in [5, 5.41) is 0. The fraction of sp³-hybridized carbons (Fsp3) is 0.529. The maximum atomic E-state index is 13.4. The number of rotatable bonds is 3. The van der Waals surface area contributed by atoms with Crippen molar-refractivity contribution in [2.45, 2.75) is 45.3 Å². The molecule has 1 aromatic carbocycles. The van der Waals surface area contributed by atoms with Crippen LogP contribution < -0.4 is 4.74 Å². The molecule has 0 bridgehead atoms. The number of hydrogen-bond donors (Lipinski definition) is 0. The molecule has 1 aliphatic heterocycles. The van der Waals surface area contributed by atoms with Gasteiger partial charge in [0.2, 0.25) is 0 Å². The Morgan fingerprint density at radius 2 is 1.91 bits per heavy atom. The summed E-state index contributed by atoms with van der Waals surface area (Å²) in [5.41, 5.74) is -0.275. The predicted molar refractivity (Wildman–Crippen MR) is 83.2 cm³/mol. The minimum Gasteiger partial charge on any atom is -0.490 e. The first-order chi connectivity index (χ1) is 10.8. The van der Waals surface area contributed by atoms with Gasteiger partial charge in [-0.1, -0.05) is 0 Å². The third kappa shape index (κ3) is 5.23. The van der Waals surface area contributed by atoms with Crippen molar-refractivity contribution in [2.24, 2.45) is 0 Å². The number of ether oxygens (including phenoxy) is 2. The Balaban J connectivity index is 1.89. The van der Waals surface area contributed by atoms with Crippen molar-refractivity contribution in [3.63, 3.8) is 0 Å². The molecule has 23 heavy (non-hydrogen) atoms. The van der Waals surface area contributed by atoms with Gasteiger partial charge in [-0.3, -0.25) is 4.79 Å². The molecular weight excluding hydrogens is 301 g/mol. The maximum Gasteiger partial charge on any atom is 0.410 e. The highest BCUT2D eigenvalue weighted by molar-refractivity contribution is 5.75. The number of likely N-dealkylation sites (tertiary alicyclic amines) is 1. The van der Waals surface area contributed by atoms with Crippen LogP contribution in [0.5, 0.6) is 5.75 Å². The van der Waals surface area contributed by atoms with E-state index in [4.69, 9.17) is 9.47 Å². The molecule has 1 aromatic rings. The second-order valence-corrected chi connectivity index (χ2v) is 6.62. The second kappa shape index (κ2) is 6.98. The van der Waals surface area contributed by atoms with E-state index in [9.17, 15) is 14.0 Å². The smallest absolute Gasteiger partial charge is 0.410 e. The molecule has 1 heterocycles. The van der Waals surface area contributed by atoms with Gasteiger partial charge in [-0.25, -0.2) is 9.18 Å². The zero-order valence-electron chi connectivity index (χ0n) is 13.7. The Bertz CT molecular complexity index is 574. The van der Waals surface area contributed by atoms with E-state index < -0.39 is 11.4 Å². The number of nitrogens with zero attached hydrogens (tertiary/aromatic N) is 1. The van der Waals surface area contributed by atoms with E-state index >= 15 is 0 Å². The molecule has 0 radical (unpaired) electrons. The number of benzene rings is 1. The number of aldehydes is 1. The van der Waals surface area contributed by atoms with Crippen LogP contribution in [0.1, 0.15) is 44.0 Å². The highest BCUT2D eigenvalue weighted by Crippen LogP contribution is 2.22. The van der Waals surface area contributed by atoms with Crippen molar-refractivity contribution in [1.82, 2.24) is 4.90 Å². The first-order valence-corrected chi connectivity index (χ1v) is 7.67. The van der Waals surface area contributed by atoms with E-state index in [1.807, 2.05) is 20.8 Å². The van der Waals surface area contributed by atoms with E-state index in [-0.39, 0.29) is 17.8 Å². The van der Waals surface area contributed by atoms with Gasteiger partial charge in [-0.15, -0.1) is 0 Å². The van der Waals surface area contributed by atoms with Gasteiger partial charge in [0.15, 0.2) is 0 Å². The summed E-state index contributed by atoms with van der Waals surface area (Å²) >= 11 is 0. The third-order valence-corrected chi connectivity index (χ3v) is 3.43. The summed E-state index contributed by atoms with van der Waals surface area (Å²) in [4.78, 5) is 24.4. The average molecular weight is 323 g/mol. The molecule has 0 spiro atoms. The molecule has 5 nitrogen and oxygen atoms in total. The largest absolute Gasteiger partial charge is 0.490 e. The van der Waals surface area contributed by atoms with E-state index in [1.165, 1.54) is 12.1 Å². The quantitative estimate of drug-likeness (QED) is 0.800. The van der Waals surface area contributed by atoms with Crippen molar-refractivity contribution < 1.29 is 23.5 Å². The lowest BCUT2D eigenvalue weighted by Gasteiger charge is -2.33. The lowest BCUT2D eigenvalue weighted by Crippen LogP contribution is -2.44. The van der Waals surface area contributed by atoms with Crippen LogP contribution in [0.15, 0.2) is 18.2 Å². The molecule has 0 N–H and O–H groups in total. The fourth-order valence-corrected chi connectivity index (χ4v) is 2.40. The predicted octanol–water partition coefficient (Wildman–Crippen LogP) is 3.42. The van der Waals surface area contributed by atoms with Crippen LogP contribution in [-0.4, -0.2) is 42.1 Å². The molecule has 0 unspecified atom stereocenters. The van der Waals surface area contributed by atoms with Gasteiger partial charge < -0.3 is 14.4 Å². The molecule has 126 valence electrons. The summed E-state index contributed by atoms with van der Waals surface area (Å²) < 4.78 is 24.5. The molecule has 6 heteroatoms. The second-order valence-electron chi connectivity index (χ2n) is 6.62. The molecule has 1 amide bonds. The van der Waals surface area contributed by atoms with Crippen LogP contribution in [0.2, 0.25) is 0 Å². The summed E-state index contributed by atoms with van der Waals surface area (Å²) in [7, 11) is 0. The van der Waals surface area contributed by atoms with Crippen LogP contribution >= 0.6 is 0 Å². The van der Waals surface area contributed by atoms with Crippen LogP contribution in [0.25, 0.3) is 0 Å². The molecule has 0 aromatic heterocycles. The van der Waals surface area contributed by atoms with Crippen molar-refractivity contribution >= 4 is 12.4 Å². The highest BCUT2D eigenvalue weighted by atomic mass is 19.1. The van der Waals surface area contributed by atoms with E-state index in [2.05, 4.69) is 0 Å². The number of carbonyl (C=O) groups excluding carboxylic acids is 2. The number of amides is 1. The van der Waals surface area contributed by atoms with Gasteiger partial charge in [0.25, 0.3) is 0 Å². The van der Waals surface area contributed by atoms with Crippen molar-refractivity contribution in [2.75, 3.05) is 13.1 Å². The topological polar surface area (TPSA) is 55.8 Å². The van der Waals surface area contributed by atoms with Crippen molar-refractivity contribution in [3.05, 3.63) is 29.6 Å². The lowest BCUT2D eigenvalue weighted by molar-refractivity contribution is 0.0126. The normalized spacial score (nSPS) is 16.1.